The average Bonchev–Trinajstić information content (AvgIpc) is 3.24. The summed E-state index contributed by atoms with van der Waals surface area (Å²) in [5.74, 6) is -2.47. The molecule has 0 aliphatic rings. The molecule has 0 aliphatic carbocycles. The highest BCUT2D eigenvalue weighted by atomic mass is 32.1. The van der Waals surface area contributed by atoms with Gasteiger partial charge in [-0.25, -0.2) is 18.6 Å². The Morgan fingerprint density at radius 3 is 2.45 bits per heavy atom. The van der Waals surface area contributed by atoms with E-state index < -0.39 is 17.6 Å². The maximum atomic E-state index is 13.5. The number of carboxylic acids is 1. The van der Waals surface area contributed by atoms with Crippen LogP contribution in [-0.4, -0.2) is 23.2 Å². The highest BCUT2D eigenvalue weighted by molar-refractivity contribution is 7.13. The van der Waals surface area contributed by atoms with Crippen molar-refractivity contribution in [3.05, 3.63) is 83.2 Å². The van der Waals surface area contributed by atoms with Gasteiger partial charge in [-0.05, 0) is 29.8 Å². The summed E-state index contributed by atoms with van der Waals surface area (Å²) < 4.78 is 27.1. The van der Waals surface area contributed by atoms with E-state index in [1.54, 1.807) is 35.7 Å². The molecular formula is C23H16F2N2O3S. The molecule has 5 nitrogen and oxygen atoms in total. The van der Waals surface area contributed by atoms with Crippen LogP contribution in [0.15, 0.2) is 66.0 Å². The van der Waals surface area contributed by atoms with Gasteiger partial charge < -0.3 is 5.11 Å². The summed E-state index contributed by atoms with van der Waals surface area (Å²) in [7, 11) is 1.47. The quantitative estimate of drug-likeness (QED) is 0.356. The van der Waals surface area contributed by atoms with E-state index in [0.717, 1.165) is 6.07 Å². The number of anilines is 1. The van der Waals surface area contributed by atoms with Crippen LogP contribution >= 0.6 is 11.3 Å². The fourth-order valence-electron chi connectivity index (χ4n) is 3.25. The lowest BCUT2D eigenvalue weighted by molar-refractivity contribution is 0.0697. The minimum absolute atomic E-state index is 0.0939. The molecule has 2 N–H and O–H groups in total. The van der Waals surface area contributed by atoms with Gasteiger partial charge in [-0.15, -0.1) is 11.3 Å². The number of carbonyl (C=O) groups is 1. The van der Waals surface area contributed by atoms with E-state index in [1.165, 1.54) is 36.6 Å². The molecule has 0 atom stereocenters. The van der Waals surface area contributed by atoms with Crippen LogP contribution in [0.5, 0.6) is 0 Å². The number of thiazole rings is 1. The molecule has 8 heteroatoms. The van der Waals surface area contributed by atoms with Crippen LogP contribution in [0.2, 0.25) is 0 Å². The molecule has 0 saturated heterocycles. The van der Waals surface area contributed by atoms with Gasteiger partial charge >= 0.3 is 5.97 Å². The topological polar surface area (TPSA) is 71.5 Å². The third-order valence-electron chi connectivity index (χ3n) is 4.59. The zero-order valence-electron chi connectivity index (χ0n) is 16.2. The van der Waals surface area contributed by atoms with Crippen LogP contribution in [0.25, 0.3) is 33.0 Å². The zero-order chi connectivity index (χ0) is 22.0. The van der Waals surface area contributed by atoms with Crippen molar-refractivity contribution in [2.24, 2.45) is 0 Å². The number of aromatic nitrogens is 1. The van der Waals surface area contributed by atoms with Gasteiger partial charge in [0, 0.05) is 28.1 Å². The van der Waals surface area contributed by atoms with E-state index >= 15 is 0 Å². The van der Waals surface area contributed by atoms with Crippen LogP contribution in [0.4, 0.5) is 14.5 Å². The molecule has 0 unspecified atom stereocenters. The third-order valence-corrected chi connectivity index (χ3v) is 5.48. The van der Waals surface area contributed by atoms with Crippen molar-refractivity contribution >= 4 is 23.0 Å². The lowest BCUT2D eigenvalue weighted by atomic mass is 9.96. The van der Waals surface area contributed by atoms with Gasteiger partial charge in [0.2, 0.25) is 0 Å². The van der Waals surface area contributed by atoms with Crippen LogP contribution in [-0.2, 0) is 4.84 Å². The van der Waals surface area contributed by atoms with Crippen LogP contribution in [0.3, 0.4) is 0 Å². The largest absolute Gasteiger partial charge is 0.478 e. The minimum atomic E-state index is -1.09. The van der Waals surface area contributed by atoms with E-state index in [2.05, 4.69) is 10.5 Å². The van der Waals surface area contributed by atoms with E-state index in [9.17, 15) is 18.7 Å². The second-order valence-corrected chi connectivity index (χ2v) is 7.47. The second-order valence-electron chi connectivity index (χ2n) is 6.61. The van der Waals surface area contributed by atoms with Crippen LogP contribution in [0.1, 0.15) is 10.4 Å². The predicted molar refractivity (Wildman–Crippen MR) is 116 cm³/mol. The molecule has 4 aromatic rings. The number of rotatable bonds is 6. The third kappa shape index (κ3) is 4.30. The number of carboxylic acid groups (broad SMARTS) is 1. The van der Waals surface area contributed by atoms with Crippen molar-refractivity contribution in [1.82, 2.24) is 4.98 Å². The number of benzene rings is 3. The first kappa shape index (κ1) is 20.6. The van der Waals surface area contributed by atoms with E-state index in [1.807, 2.05) is 6.07 Å². The molecule has 0 spiro atoms. The summed E-state index contributed by atoms with van der Waals surface area (Å²) in [6.45, 7) is 0. The molecule has 156 valence electrons. The Morgan fingerprint density at radius 2 is 1.74 bits per heavy atom. The summed E-state index contributed by atoms with van der Waals surface area (Å²) >= 11 is 1.26. The fourth-order valence-corrected chi connectivity index (χ4v) is 4.07. The Morgan fingerprint density at radius 1 is 1.00 bits per heavy atom. The van der Waals surface area contributed by atoms with Gasteiger partial charge in [0.25, 0.3) is 0 Å². The van der Waals surface area contributed by atoms with Gasteiger partial charge in [-0.3, -0.25) is 10.3 Å². The van der Waals surface area contributed by atoms with Crippen molar-refractivity contribution in [1.29, 1.82) is 0 Å². The summed E-state index contributed by atoms with van der Waals surface area (Å²) in [5.41, 5.74) is 5.98. The number of aromatic carboxylic acids is 1. The molecule has 4 rings (SSSR count). The molecule has 31 heavy (non-hydrogen) atoms. The highest BCUT2D eigenvalue weighted by Gasteiger charge is 2.17. The van der Waals surface area contributed by atoms with Crippen molar-refractivity contribution < 1.29 is 23.5 Å². The molecule has 0 fully saturated rings. The van der Waals surface area contributed by atoms with Gasteiger partial charge in [0.05, 0.1) is 24.1 Å². The molecule has 0 radical (unpaired) electrons. The predicted octanol–water partition coefficient (Wildman–Crippen LogP) is 6.09. The number of hydrogen-bond donors (Lipinski definition) is 2. The molecule has 1 heterocycles. The molecule has 0 saturated carbocycles. The normalized spacial score (nSPS) is 10.8. The number of halogens is 2. The number of nitrogens with one attached hydrogen (secondary N) is 1. The molecule has 1 aromatic heterocycles. The summed E-state index contributed by atoms with van der Waals surface area (Å²) in [6, 6.07) is 15.4. The van der Waals surface area contributed by atoms with Crippen LogP contribution < -0.4 is 5.48 Å². The first-order valence-electron chi connectivity index (χ1n) is 9.14. The van der Waals surface area contributed by atoms with Crippen molar-refractivity contribution in [3.63, 3.8) is 0 Å². The lowest BCUT2D eigenvalue weighted by Gasteiger charge is -2.13. The van der Waals surface area contributed by atoms with Gasteiger partial charge in [0.1, 0.15) is 16.6 Å². The SMILES string of the molecule is CONc1ccccc1-c1ccc(-c2nc(-c3cc(F)cc(F)c3)cs2)cc1C(=O)O. The zero-order valence-corrected chi connectivity index (χ0v) is 17.0. The van der Waals surface area contributed by atoms with Crippen molar-refractivity contribution in [2.75, 3.05) is 12.6 Å². The Labute approximate surface area is 180 Å². The van der Waals surface area contributed by atoms with Crippen molar-refractivity contribution in [3.8, 4) is 33.0 Å². The monoisotopic (exact) mass is 438 g/mol. The van der Waals surface area contributed by atoms with E-state index in [-0.39, 0.29) is 5.56 Å². The molecule has 3 aromatic carbocycles. The Kier molecular flexibility index (Phi) is 5.75. The number of nitrogens with zero attached hydrogens (tertiary/aromatic N) is 1. The first-order valence-corrected chi connectivity index (χ1v) is 10.0. The summed E-state index contributed by atoms with van der Waals surface area (Å²) in [4.78, 5) is 21.4. The van der Waals surface area contributed by atoms with Crippen molar-refractivity contribution in [2.45, 2.75) is 0 Å². The number of para-hydroxylation sites is 1. The standard InChI is InChI=1S/C23H16F2N2O3S/c1-30-27-20-5-3-2-4-18(20)17-7-6-13(10-19(17)23(28)29)22-26-21(12-31-22)14-8-15(24)11-16(25)9-14/h2-12,27H,1H3,(H,28,29). The highest BCUT2D eigenvalue weighted by Crippen LogP contribution is 2.35. The molecule has 0 amide bonds. The minimum Gasteiger partial charge on any atom is -0.478 e. The average molecular weight is 438 g/mol. The summed E-state index contributed by atoms with van der Waals surface area (Å²) in [5, 5.41) is 12.0. The Hall–Kier alpha value is -3.62. The maximum absolute atomic E-state index is 13.5. The maximum Gasteiger partial charge on any atom is 0.336 e. The van der Waals surface area contributed by atoms with Gasteiger partial charge in [0.15, 0.2) is 0 Å². The lowest BCUT2D eigenvalue weighted by Crippen LogP contribution is -2.03. The molecule has 0 aliphatic heterocycles. The summed E-state index contributed by atoms with van der Waals surface area (Å²) in [6.07, 6.45) is 0. The molecular weight excluding hydrogens is 422 g/mol. The van der Waals surface area contributed by atoms with Crippen LogP contribution in [0, 0.1) is 11.6 Å². The first-order chi connectivity index (χ1) is 15.0. The number of hydrogen-bond acceptors (Lipinski definition) is 5. The Balaban J connectivity index is 1.76. The van der Waals surface area contributed by atoms with E-state index in [4.69, 9.17) is 4.84 Å². The smallest absolute Gasteiger partial charge is 0.336 e. The molecule has 0 bridgehead atoms. The van der Waals surface area contributed by atoms with Gasteiger partial charge in [-0.1, -0.05) is 30.3 Å². The Bertz CT molecular complexity index is 1250. The fraction of sp³-hybridized carbons (Fsp3) is 0.0435. The van der Waals surface area contributed by atoms with E-state index in [0.29, 0.717) is 38.6 Å². The van der Waals surface area contributed by atoms with Gasteiger partial charge in [-0.2, -0.15) is 0 Å². The second kappa shape index (κ2) is 8.63.